The van der Waals surface area contributed by atoms with Crippen LogP contribution in [0.15, 0.2) is 22.0 Å². The van der Waals surface area contributed by atoms with Gasteiger partial charge in [0.2, 0.25) is 10.0 Å². The topological polar surface area (TPSA) is 79.5 Å². The summed E-state index contributed by atoms with van der Waals surface area (Å²) in [5.41, 5.74) is -0.488. The van der Waals surface area contributed by atoms with Crippen LogP contribution < -0.4 is 5.56 Å². The highest BCUT2D eigenvalue weighted by Gasteiger charge is 2.40. The summed E-state index contributed by atoms with van der Waals surface area (Å²) in [5, 5.41) is -0.115. The zero-order valence-electron chi connectivity index (χ0n) is 11.4. The number of aromatic amines is 1. The molecule has 6 nitrogen and oxygen atoms in total. The summed E-state index contributed by atoms with van der Waals surface area (Å²) in [6, 6.07) is 1.28. The first kappa shape index (κ1) is 15.0. The molecular formula is C13H17ClN2O4S. The van der Waals surface area contributed by atoms with E-state index >= 15 is 0 Å². The van der Waals surface area contributed by atoms with E-state index in [2.05, 4.69) is 4.98 Å². The molecule has 1 saturated carbocycles. The van der Waals surface area contributed by atoms with E-state index in [9.17, 15) is 13.2 Å². The average Bonchev–Trinajstić information content (AvgIpc) is 3.15. The summed E-state index contributed by atoms with van der Waals surface area (Å²) in [5.74, 6) is 0.235. The molecule has 0 radical (unpaired) electrons. The molecule has 1 saturated heterocycles. The van der Waals surface area contributed by atoms with Crippen LogP contribution in [0.4, 0.5) is 0 Å². The van der Waals surface area contributed by atoms with Gasteiger partial charge in [0.05, 0.1) is 11.5 Å². The maximum atomic E-state index is 12.8. The van der Waals surface area contributed by atoms with Gasteiger partial charge < -0.3 is 9.72 Å². The molecule has 1 unspecified atom stereocenters. The molecule has 1 atom stereocenters. The number of aromatic nitrogens is 1. The molecule has 2 heterocycles. The second kappa shape index (κ2) is 5.72. The third-order valence-corrected chi connectivity index (χ3v) is 6.03. The maximum Gasteiger partial charge on any atom is 0.266 e. The maximum absolute atomic E-state index is 12.8. The minimum absolute atomic E-state index is 0.0397. The van der Waals surface area contributed by atoms with Crippen LogP contribution in [0.3, 0.4) is 0 Å². The van der Waals surface area contributed by atoms with Gasteiger partial charge in [-0.1, -0.05) is 11.6 Å². The van der Waals surface area contributed by atoms with Crippen molar-refractivity contribution < 1.29 is 13.2 Å². The number of hydrogen-bond acceptors (Lipinski definition) is 4. The first-order valence-electron chi connectivity index (χ1n) is 6.96. The molecule has 0 spiro atoms. The zero-order chi connectivity index (χ0) is 15.0. The Hall–Kier alpha value is -0.890. The minimum atomic E-state index is -3.64. The van der Waals surface area contributed by atoms with Gasteiger partial charge in [-0.25, -0.2) is 8.42 Å². The summed E-state index contributed by atoms with van der Waals surface area (Å²) in [4.78, 5) is 13.7. The van der Waals surface area contributed by atoms with Crippen molar-refractivity contribution in [2.45, 2.75) is 30.2 Å². The molecule has 1 aromatic heterocycles. The molecule has 3 rings (SSSR count). The van der Waals surface area contributed by atoms with Gasteiger partial charge in [-0.05, 0) is 31.2 Å². The van der Waals surface area contributed by atoms with Gasteiger partial charge in [-0.2, -0.15) is 4.31 Å². The fourth-order valence-corrected chi connectivity index (χ4v) is 4.50. The van der Waals surface area contributed by atoms with Gasteiger partial charge in [0.1, 0.15) is 5.02 Å². The smallest absolute Gasteiger partial charge is 0.266 e. The lowest BCUT2D eigenvalue weighted by molar-refractivity contribution is 0.180. The number of nitrogens with one attached hydrogen (secondary N) is 1. The fourth-order valence-electron chi connectivity index (χ4n) is 2.51. The van der Waals surface area contributed by atoms with Crippen LogP contribution in [0.5, 0.6) is 0 Å². The van der Waals surface area contributed by atoms with Crippen LogP contribution in [0, 0.1) is 5.92 Å². The van der Waals surface area contributed by atoms with Gasteiger partial charge in [0, 0.05) is 25.4 Å². The number of halogens is 1. The molecule has 2 aliphatic rings. The number of hydrogen-bond donors (Lipinski definition) is 1. The molecule has 1 aromatic rings. The number of rotatable bonds is 5. The second-order valence-electron chi connectivity index (χ2n) is 5.55. The van der Waals surface area contributed by atoms with E-state index in [0.717, 1.165) is 19.3 Å². The third-order valence-electron chi connectivity index (χ3n) is 3.85. The number of ether oxygens (including phenoxy) is 1. The van der Waals surface area contributed by atoms with E-state index < -0.39 is 15.6 Å². The molecule has 0 bridgehead atoms. The molecule has 8 heteroatoms. The van der Waals surface area contributed by atoms with E-state index in [-0.39, 0.29) is 21.9 Å². The Balaban J connectivity index is 1.88. The molecule has 21 heavy (non-hydrogen) atoms. The van der Waals surface area contributed by atoms with Crippen molar-refractivity contribution >= 4 is 21.6 Å². The van der Waals surface area contributed by atoms with E-state index in [1.165, 1.54) is 16.6 Å². The SMILES string of the molecule is O=c1[nH]cc(S(=O)(=O)N(CC2CCOC2)C2CC2)cc1Cl. The normalized spacial score (nSPS) is 22.9. The highest BCUT2D eigenvalue weighted by atomic mass is 35.5. The standard InChI is InChI=1S/C13H17ClN2O4S/c14-12-5-11(6-15-13(12)17)21(18,19)16(10-1-2-10)7-9-3-4-20-8-9/h5-6,9-10H,1-4,7-8H2,(H,15,17). The Kier molecular flexibility index (Phi) is 4.09. The summed E-state index contributed by atoms with van der Waals surface area (Å²) >= 11 is 5.74. The van der Waals surface area contributed by atoms with Gasteiger partial charge in [-0.3, -0.25) is 4.79 Å². The highest BCUT2D eigenvalue weighted by molar-refractivity contribution is 7.89. The van der Waals surface area contributed by atoms with Crippen molar-refractivity contribution in [1.82, 2.24) is 9.29 Å². The summed E-state index contributed by atoms with van der Waals surface area (Å²) in [7, 11) is -3.64. The second-order valence-corrected chi connectivity index (χ2v) is 7.85. The summed E-state index contributed by atoms with van der Waals surface area (Å²) in [6.07, 6.45) is 3.85. The Morgan fingerprint density at radius 3 is 2.71 bits per heavy atom. The third kappa shape index (κ3) is 3.15. The number of sulfonamides is 1. The van der Waals surface area contributed by atoms with E-state index in [4.69, 9.17) is 16.3 Å². The zero-order valence-corrected chi connectivity index (χ0v) is 13.0. The molecule has 1 aliphatic carbocycles. The van der Waals surface area contributed by atoms with Gasteiger partial charge >= 0.3 is 0 Å². The van der Waals surface area contributed by atoms with Crippen LogP contribution >= 0.6 is 11.6 Å². The molecule has 116 valence electrons. The predicted octanol–water partition coefficient (Wildman–Crippen LogP) is 1.22. The predicted molar refractivity (Wildman–Crippen MR) is 77.9 cm³/mol. The van der Waals surface area contributed by atoms with E-state index in [0.29, 0.717) is 19.8 Å². The monoisotopic (exact) mass is 332 g/mol. The lowest BCUT2D eigenvalue weighted by Gasteiger charge is -2.24. The van der Waals surface area contributed by atoms with Crippen LogP contribution in [-0.4, -0.2) is 43.5 Å². The Labute approximate surface area is 128 Å². The molecule has 2 fully saturated rings. The molecular weight excluding hydrogens is 316 g/mol. The largest absolute Gasteiger partial charge is 0.381 e. The quantitative estimate of drug-likeness (QED) is 0.879. The average molecular weight is 333 g/mol. The molecule has 0 amide bonds. The van der Waals surface area contributed by atoms with Crippen molar-refractivity contribution in [2.75, 3.05) is 19.8 Å². The lowest BCUT2D eigenvalue weighted by atomic mass is 10.1. The number of pyridine rings is 1. The van der Waals surface area contributed by atoms with Crippen LogP contribution in [0.1, 0.15) is 19.3 Å². The Morgan fingerprint density at radius 1 is 1.38 bits per heavy atom. The van der Waals surface area contributed by atoms with Crippen molar-refractivity contribution in [2.24, 2.45) is 5.92 Å². The molecule has 1 aliphatic heterocycles. The summed E-state index contributed by atoms with van der Waals surface area (Å²) in [6.45, 7) is 1.75. The number of H-pyrrole nitrogens is 1. The summed E-state index contributed by atoms with van der Waals surface area (Å²) < 4.78 is 32.4. The number of nitrogens with zero attached hydrogens (tertiary/aromatic N) is 1. The van der Waals surface area contributed by atoms with Gasteiger partial charge in [0.25, 0.3) is 5.56 Å². The van der Waals surface area contributed by atoms with E-state index in [1.807, 2.05) is 0 Å². The molecule has 0 aromatic carbocycles. The Bertz CT molecular complexity index is 678. The van der Waals surface area contributed by atoms with Crippen molar-refractivity contribution in [3.8, 4) is 0 Å². The van der Waals surface area contributed by atoms with Crippen molar-refractivity contribution in [1.29, 1.82) is 0 Å². The van der Waals surface area contributed by atoms with Gasteiger partial charge in [-0.15, -0.1) is 0 Å². The lowest BCUT2D eigenvalue weighted by Crippen LogP contribution is -2.37. The van der Waals surface area contributed by atoms with Crippen LogP contribution in [-0.2, 0) is 14.8 Å². The van der Waals surface area contributed by atoms with Crippen LogP contribution in [0.25, 0.3) is 0 Å². The van der Waals surface area contributed by atoms with Crippen LogP contribution in [0.2, 0.25) is 5.02 Å². The minimum Gasteiger partial charge on any atom is -0.381 e. The van der Waals surface area contributed by atoms with Crippen molar-refractivity contribution in [3.05, 3.63) is 27.6 Å². The highest BCUT2D eigenvalue weighted by Crippen LogP contribution is 2.33. The van der Waals surface area contributed by atoms with E-state index in [1.54, 1.807) is 0 Å². The first-order chi connectivity index (χ1) is 9.98. The molecule has 1 N–H and O–H groups in total. The first-order valence-corrected chi connectivity index (χ1v) is 8.78. The Morgan fingerprint density at radius 2 is 2.14 bits per heavy atom. The van der Waals surface area contributed by atoms with Gasteiger partial charge in [0.15, 0.2) is 0 Å². The van der Waals surface area contributed by atoms with Crippen molar-refractivity contribution in [3.63, 3.8) is 0 Å². The fraction of sp³-hybridized carbons (Fsp3) is 0.615.